The van der Waals surface area contributed by atoms with Gasteiger partial charge in [-0.05, 0) is 170 Å². The summed E-state index contributed by atoms with van der Waals surface area (Å²) >= 11 is 6.87. The highest BCUT2D eigenvalue weighted by molar-refractivity contribution is 9.10. The van der Waals surface area contributed by atoms with E-state index in [4.69, 9.17) is 43.0 Å². The molecule has 2 aromatic heterocycles. The van der Waals surface area contributed by atoms with E-state index in [9.17, 15) is 10.5 Å². The van der Waals surface area contributed by atoms with Crippen LogP contribution in [0.3, 0.4) is 0 Å². The molecule has 2 atom stereocenters. The molecule has 0 fully saturated rings. The molecule has 580 valence electrons. The lowest BCUT2D eigenvalue weighted by molar-refractivity contribution is -0.107. The number of hydrogen-bond acceptors (Lipinski definition) is 12. The summed E-state index contributed by atoms with van der Waals surface area (Å²) in [6.07, 6.45) is 0. The Morgan fingerprint density at radius 2 is 0.590 bits per heavy atom. The SMILES string of the molecule is Brc1ccc(-c2nc(-c3ccccc3)nc(-c3ccccc3)n2)cc1.CC(C)(O)C(C)(C)O.N#Cc1cccc2c1Sc1ccccc1C21c2ccccc2-c2c1cc(-c1ccc(-c3nc(-c4ccccc4)nc(-c4ccccc4)n3)cc1)c1ccccc21.[B]c1cc2c(c3ccccc13)-c1ccccc1C21c2ccccc2Sc2c(C#N)cccc21. The van der Waals surface area contributed by atoms with Gasteiger partial charge in [-0.2, -0.15) is 10.5 Å². The Kier molecular flexibility index (Phi) is 20.5. The first-order valence-corrected chi connectivity index (χ1v) is 42.7. The van der Waals surface area contributed by atoms with E-state index in [1.807, 2.05) is 176 Å². The second-order valence-electron chi connectivity index (χ2n) is 31.5. The number of rotatable bonds is 8. The van der Waals surface area contributed by atoms with Gasteiger partial charge >= 0.3 is 0 Å². The number of aromatic nitrogens is 6. The minimum atomic E-state index is -1.01. The van der Waals surface area contributed by atoms with E-state index >= 15 is 0 Å². The first-order chi connectivity index (χ1) is 59.5. The number of hydrogen-bond donors (Lipinski definition) is 2. The average molecular weight is 1670 g/mol. The molecule has 14 heteroatoms. The molecule has 0 amide bonds. The van der Waals surface area contributed by atoms with Gasteiger partial charge in [0.05, 0.1) is 33.2 Å². The average Bonchev–Trinajstić information content (AvgIpc) is 1.50. The number of benzene rings is 16. The van der Waals surface area contributed by atoms with Crippen LogP contribution in [0.25, 0.3) is 123 Å². The molecule has 0 saturated heterocycles. The molecule has 22 rings (SSSR count). The molecule has 2 unspecified atom stereocenters. The largest absolute Gasteiger partial charge is 0.387 e. The maximum absolute atomic E-state index is 10.4. The van der Waals surface area contributed by atoms with E-state index in [0.29, 0.717) is 46.1 Å². The van der Waals surface area contributed by atoms with Crippen molar-refractivity contribution in [2.45, 2.75) is 69.3 Å². The van der Waals surface area contributed by atoms with Crippen LogP contribution in [0.1, 0.15) is 83.3 Å². The fraction of sp³-hybridized carbons (Fsp3) is 0.0741. The Morgan fingerprint density at radius 3 is 0.975 bits per heavy atom. The Hall–Kier alpha value is -13.8. The lowest BCUT2D eigenvalue weighted by atomic mass is 9.66. The molecular weight excluding hydrogens is 1600 g/mol. The highest BCUT2D eigenvalue weighted by Gasteiger charge is 2.53. The highest BCUT2D eigenvalue weighted by Crippen LogP contribution is 2.66. The van der Waals surface area contributed by atoms with Crippen LogP contribution in [0.4, 0.5) is 0 Å². The van der Waals surface area contributed by atoms with Crippen molar-refractivity contribution in [3.8, 4) is 114 Å². The van der Waals surface area contributed by atoms with Gasteiger partial charge in [-0.3, -0.25) is 0 Å². The maximum atomic E-state index is 10.4. The van der Waals surface area contributed by atoms with Gasteiger partial charge in [0.1, 0.15) is 20.0 Å². The summed E-state index contributed by atoms with van der Waals surface area (Å²) in [5, 5.41) is 43.2. The van der Waals surface area contributed by atoms with Crippen molar-refractivity contribution in [1.82, 2.24) is 29.9 Å². The fourth-order valence-corrected chi connectivity index (χ4v) is 20.0. The van der Waals surface area contributed by atoms with Crippen LogP contribution in [0.5, 0.6) is 0 Å². The number of fused-ring (bicyclic) bond motifs is 22. The third kappa shape index (κ3) is 13.7. The summed E-state index contributed by atoms with van der Waals surface area (Å²) in [5.41, 5.74) is 21.7. The number of nitrogens with zero attached hydrogens (tertiary/aromatic N) is 8. The summed E-state index contributed by atoms with van der Waals surface area (Å²) in [6, 6.07) is 131. The highest BCUT2D eigenvalue weighted by atomic mass is 79.9. The standard InChI is InChI=1S/C51H30N4S.C30H16BNS.C21H14BrN3.C6H14O2/c52-31-36-18-13-24-43-47(36)56-45-25-12-11-23-42(45)51(43)41-22-10-9-21-39(41)46-38-20-8-7-19-37(38)40(30-44(46)51)32-26-28-35(29-27-32)50-54-48(33-14-3-1-4-15-33)53-49(55-50)34-16-5-2-6-17-34;31-26-16-25-28(20-10-2-1-9-19(20)26)21-11-3-4-12-22(21)30(25)23-13-5-6-15-27(23)33-29-18(17-32)8-7-14-24(29)30;22-18-13-11-17(12-14-18)21-24-19(15-7-3-1-4-8-15)23-20(25-21)16-9-5-2-6-10-16;1-5(2,7)6(3,4)8/h1-30H;1-16H;1-14H;7-8H,1-4H3. The lowest BCUT2D eigenvalue weighted by Crippen LogP contribution is -2.44. The van der Waals surface area contributed by atoms with E-state index in [0.717, 1.165) is 80.7 Å². The van der Waals surface area contributed by atoms with E-state index in [1.54, 1.807) is 51.2 Å². The zero-order valence-corrected chi connectivity index (χ0v) is 70.1. The topological polar surface area (TPSA) is 165 Å². The summed E-state index contributed by atoms with van der Waals surface area (Å²) in [7, 11) is 6.69. The van der Waals surface area contributed by atoms with Gasteiger partial charge in [-0.25, -0.2) is 29.9 Å². The van der Waals surface area contributed by atoms with Crippen molar-refractivity contribution >= 4 is 74.3 Å². The molecule has 2 spiro atoms. The zero-order chi connectivity index (χ0) is 83.4. The molecule has 10 nitrogen and oxygen atoms in total. The van der Waals surface area contributed by atoms with Crippen molar-refractivity contribution in [3.63, 3.8) is 0 Å². The van der Waals surface area contributed by atoms with E-state index < -0.39 is 22.0 Å². The predicted octanol–water partition coefficient (Wildman–Crippen LogP) is 24.9. The van der Waals surface area contributed by atoms with E-state index in [-0.39, 0.29) is 0 Å². The smallest absolute Gasteiger partial charge is 0.164 e. The van der Waals surface area contributed by atoms with Crippen LogP contribution in [0.2, 0.25) is 0 Å². The monoisotopic (exact) mass is 1670 g/mol. The summed E-state index contributed by atoms with van der Waals surface area (Å²) in [4.78, 5) is 33.4. The molecule has 2 aliphatic heterocycles. The fourth-order valence-electron chi connectivity index (χ4n) is 17.3. The van der Waals surface area contributed by atoms with Crippen LogP contribution in [-0.4, -0.2) is 59.2 Å². The van der Waals surface area contributed by atoms with E-state index in [1.165, 1.54) is 81.6 Å². The van der Waals surface area contributed by atoms with Crippen molar-refractivity contribution < 1.29 is 10.2 Å². The van der Waals surface area contributed by atoms with Gasteiger partial charge < -0.3 is 10.2 Å². The number of nitriles is 2. The Balaban J connectivity index is 0.000000125. The second kappa shape index (κ2) is 32.1. The van der Waals surface area contributed by atoms with Crippen molar-refractivity contribution in [2.75, 3.05) is 0 Å². The molecule has 16 aromatic carbocycles. The summed E-state index contributed by atoms with van der Waals surface area (Å²) < 4.78 is 1.02. The van der Waals surface area contributed by atoms with Crippen LogP contribution in [0, 0.1) is 22.7 Å². The van der Waals surface area contributed by atoms with Gasteiger partial charge in [-0.1, -0.05) is 366 Å². The number of halogens is 1. The first kappa shape index (κ1) is 78.1. The van der Waals surface area contributed by atoms with Crippen LogP contribution < -0.4 is 5.46 Å². The molecular formula is C108H74BBrN8O2S2. The minimum Gasteiger partial charge on any atom is -0.387 e. The molecule has 2 aliphatic carbocycles. The van der Waals surface area contributed by atoms with Gasteiger partial charge in [0.2, 0.25) is 0 Å². The normalized spacial score (nSPS) is 14.5. The molecule has 0 bridgehead atoms. The van der Waals surface area contributed by atoms with Crippen LogP contribution in [-0.2, 0) is 10.8 Å². The van der Waals surface area contributed by atoms with E-state index in [2.05, 4.69) is 221 Å². The van der Waals surface area contributed by atoms with Gasteiger partial charge in [0.25, 0.3) is 0 Å². The van der Waals surface area contributed by atoms with Gasteiger partial charge in [-0.15, -0.1) is 0 Å². The zero-order valence-electron chi connectivity index (χ0n) is 66.9. The quantitative estimate of drug-likeness (QED) is 0.139. The minimum absolute atomic E-state index is 0.520. The van der Waals surface area contributed by atoms with Gasteiger partial charge in [0.15, 0.2) is 34.9 Å². The molecule has 2 radical (unpaired) electrons. The van der Waals surface area contributed by atoms with Crippen LogP contribution in [0.15, 0.2) is 388 Å². The molecule has 4 aliphatic rings. The summed E-state index contributed by atoms with van der Waals surface area (Å²) in [5.74, 6) is 3.91. The molecule has 4 heterocycles. The third-order valence-electron chi connectivity index (χ3n) is 23.7. The maximum Gasteiger partial charge on any atom is 0.164 e. The number of aliphatic hydroxyl groups is 2. The molecule has 122 heavy (non-hydrogen) atoms. The Morgan fingerprint density at radius 1 is 0.295 bits per heavy atom. The predicted molar refractivity (Wildman–Crippen MR) is 497 cm³/mol. The first-order valence-electron chi connectivity index (χ1n) is 40.3. The van der Waals surface area contributed by atoms with Crippen molar-refractivity contribution in [2.24, 2.45) is 0 Å². The molecule has 0 saturated carbocycles. The lowest BCUT2D eigenvalue weighted by Gasteiger charge is -2.40. The Labute approximate surface area is 726 Å². The third-order valence-corrected chi connectivity index (χ3v) is 26.6. The summed E-state index contributed by atoms with van der Waals surface area (Å²) in [6.45, 7) is 6.31. The van der Waals surface area contributed by atoms with Crippen molar-refractivity contribution in [1.29, 1.82) is 10.5 Å². The molecule has 2 N–H and O–H groups in total. The Bertz CT molecular complexity index is 7090. The molecule has 18 aromatic rings. The van der Waals surface area contributed by atoms with Crippen LogP contribution >= 0.6 is 39.5 Å². The van der Waals surface area contributed by atoms with Gasteiger partial charge in [0, 0.05) is 57.4 Å². The second-order valence-corrected chi connectivity index (χ2v) is 34.5. The van der Waals surface area contributed by atoms with Crippen molar-refractivity contribution in [3.05, 3.63) is 424 Å².